The first-order valence-electron chi connectivity index (χ1n) is 10.1. The van der Waals surface area contributed by atoms with Crippen molar-refractivity contribution in [1.29, 1.82) is 0 Å². The molecule has 2 aromatic carbocycles. The fourth-order valence-corrected chi connectivity index (χ4v) is 3.68. The summed E-state index contributed by atoms with van der Waals surface area (Å²) in [5.74, 6) is 0.975. The Balaban J connectivity index is 1.60. The number of nitrogens with zero attached hydrogens (tertiary/aromatic N) is 2. The van der Waals surface area contributed by atoms with E-state index >= 15 is 0 Å². The summed E-state index contributed by atoms with van der Waals surface area (Å²) >= 11 is 0. The average Bonchev–Trinajstić information content (AvgIpc) is 2.79. The van der Waals surface area contributed by atoms with Crippen LogP contribution in [0.3, 0.4) is 0 Å². The van der Waals surface area contributed by atoms with Crippen LogP contribution in [-0.2, 0) is 4.79 Å². The minimum atomic E-state index is -0.477. The second-order valence-electron chi connectivity index (χ2n) is 7.20. The number of non-ortho nitro benzene ring substituents is 1. The normalized spacial score (nSPS) is 15.2. The van der Waals surface area contributed by atoms with Crippen LogP contribution in [0.15, 0.2) is 48.5 Å². The van der Waals surface area contributed by atoms with Crippen LogP contribution < -0.4 is 14.8 Å². The van der Waals surface area contributed by atoms with Crippen LogP contribution in [0.25, 0.3) is 0 Å². The number of amides is 1. The molecule has 1 aliphatic rings. The van der Waals surface area contributed by atoms with E-state index < -0.39 is 4.92 Å². The first-order valence-corrected chi connectivity index (χ1v) is 10.1. The van der Waals surface area contributed by atoms with Crippen LogP contribution in [0.4, 0.5) is 5.69 Å². The Hall–Kier alpha value is -3.13. The molecule has 1 saturated heterocycles. The molecule has 0 spiro atoms. The van der Waals surface area contributed by atoms with Gasteiger partial charge in [-0.05, 0) is 44.1 Å². The van der Waals surface area contributed by atoms with Crippen LogP contribution in [0, 0.1) is 10.1 Å². The minimum absolute atomic E-state index is 0.0183. The van der Waals surface area contributed by atoms with Gasteiger partial charge in [0.25, 0.3) is 11.6 Å². The number of benzene rings is 2. The lowest BCUT2D eigenvalue weighted by Crippen LogP contribution is -2.41. The number of carbonyl (C=O) groups is 1. The van der Waals surface area contributed by atoms with Gasteiger partial charge in [-0.25, -0.2) is 0 Å². The molecule has 8 heteroatoms. The summed E-state index contributed by atoms with van der Waals surface area (Å²) in [6.45, 7) is 2.26. The molecule has 0 aromatic heterocycles. The van der Waals surface area contributed by atoms with Crippen LogP contribution >= 0.6 is 0 Å². The van der Waals surface area contributed by atoms with E-state index in [-0.39, 0.29) is 24.2 Å². The minimum Gasteiger partial charge on any atom is -0.496 e. The number of hydrogen-bond acceptors (Lipinski definition) is 6. The zero-order chi connectivity index (χ0) is 21.3. The van der Waals surface area contributed by atoms with Gasteiger partial charge in [0, 0.05) is 24.2 Å². The zero-order valence-corrected chi connectivity index (χ0v) is 17.1. The van der Waals surface area contributed by atoms with E-state index in [1.165, 1.54) is 30.7 Å². The third-order valence-corrected chi connectivity index (χ3v) is 5.24. The number of nitro benzene ring substituents is 1. The lowest BCUT2D eigenvalue weighted by molar-refractivity contribution is -0.384. The summed E-state index contributed by atoms with van der Waals surface area (Å²) < 4.78 is 11.0. The third-order valence-electron chi connectivity index (χ3n) is 5.24. The molecule has 1 amide bonds. The maximum Gasteiger partial charge on any atom is 0.269 e. The van der Waals surface area contributed by atoms with E-state index in [1.54, 1.807) is 7.11 Å². The Kier molecular flexibility index (Phi) is 7.62. The second-order valence-corrected chi connectivity index (χ2v) is 7.20. The fraction of sp³-hybridized carbons (Fsp3) is 0.409. The SMILES string of the molecule is COc1ccccc1C(CNC(=O)COc1ccc([N+](=O)[O-])cc1)N1CCCCC1. The molecular weight excluding hydrogens is 386 g/mol. The number of likely N-dealkylation sites (tertiary alicyclic amines) is 1. The Morgan fingerprint density at radius 1 is 1.13 bits per heavy atom. The van der Waals surface area contributed by atoms with Crippen LogP contribution in [0.5, 0.6) is 11.5 Å². The molecule has 1 unspecified atom stereocenters. The Morgan fingerprint density at radius 2 is 1.83 bits per heavy atom. The molecule has 8 nitrogen and oxygen atoms in total. The van der Waals surface area contributed by atoms with Gasteiger partial charge in [-0.3, -0.25) is 19.8 Å². The number of hydrogen-bond donors (Lipinski definition) is 1. The molecule has 0 radical (unpaired) electrons. The standard InChI is InChI=1S/C22H27N3O5/c1-29-21-8-4-3-7-19(21)20(24-13-5-2-6-14-24)15-23-22(26)16-30-18-11-9-17(10-12-18)25(27)28/h3-4,7-12,20H,2,5-6,13-16H2,1H3,(H,23,26). The smallest absolute Gasteiger partial charge is 0.269 e. The highest BCUT2D eigenvalue weighted by molar-refractivity contribution is 5.77. The number of para-hydroxylation sites is 1. The van der Waals surface area contributed by atoms with Crippen molar-refractivity contribution < 1.29 is 19.2 Å². The van der Waals surface area contributed by atoms with Crippen molar-refractivity contribution in [1.82, 2.24) is 10.2 Å². The van der Waals surface area contributed by atoms with Gasteiger partial charge in [-0.15, -0.1) is 0 Å². The number of nitro groups is 1. The van der Waals surface area contributed by atoms with Gasteiger partial charge in [0.05, 0.1) is 18.1 Å². The van der Waals surface area contributed by atoms with Crippen molar-refractivity contribution in [2.75, 3.05) is 33.4 Å². The van der Waals surface area contributed by atoms with Gasteiger partial charge in [-0.2, -0.15) is 0 Å². The molecule has 2 aromatic rings. The van der Waals surface area contributed by atoms with E-state index in [0.29, 0.717) is 12.3 Å². The summed E-state index contributed by atoms with van der Waals surface area (Å²) in [7, 11) is 1.66. The van der Waals surface area contributed by atoms with E-state index in [4.69, 9.17) is 9.47 Å². The van der Waals surface area contributed by atoms with Crippen LogP contribution in [-0.4, -0.2) is 49.1 Å². The maximum atomic E-state index is 12.4. The fourth-order valence-electron chi connectivity index (χ4n) is 3.68. The van der Waals surface area contributed by atoms with Crippen molar-refractivity contribution in [3.63, 3.8) is 0 Å². The summed E-state index contributed by atoms with van der Waals surface area (Å²) in [6, 6.07) is 13.6. The zero-order valence-electron chi connectivity index (χ0n) is 17.1. The van der Waals surface area contributed by atoms with Crippen molar-refractivity contribution in [3.8, 4) is 11.5 Å². The highest BCUT2D eigenvalue weighted by Gasteiger charge is 2.25. The average molecular weight is 413 g/mol. The quantitative estimate of drug-likeness (QED) is 0.501. The molecule has 3 rings (SSSR count). The molecule has 1 heterocycles. The summed E-state index contributed by atoms with van der Waals surface area (Å²) in [5, 5.41) is 13.7. The number of piperidine rings is 1. The number of ether oxygens (including phenoxy) is 2. The Bertz CT molecular complexity index is 850. The number of carbonyl (C=O) groups excluding carboxylic acids is 1. The predicted molar refractivity (Wildman–Crippen MR) is 113 cm³/mol. The topological polar surface area (TPSA) is 93.9 Å². The van der Waals surface area contributed by atoms with Crippen molar-refractivity contribution >= 4 is 11.6 Å². The molecule has 1 fully saturated rings. The molecule has 0 bridgehead atoms. The van der Waals surface area contributed by atoms with Crippen molar-refractivity contribution in [2.24, 2.45) is 0 Å². The van der Waals surface area contributed by atoms with Crippen LogP contribution in [0.2, 0.25) is 0 Å². The molecule has 0 saturated carbocycles. The van der Waals surface area contributed by atoms with Crippen LogP contribution in [0.1, 0.15) is 30.9 Å². The molecular formula is C22H27N3O5. The van der Waals surface area contributed by atoms with E-state index in [0.717, 1.165) is 37.2 Å². The molecule has 30 heavy (non-hydrogen) atoms. The predicted octanol–water partition coefficient (Wildman–Crippen LogP) is 3.33. The van der Waals surface area contributed by atoms with E-state index in [9.17, 15) is 14.9 Å². The van der Waals surface area contributed by atoms with Gasteiger partial charge in [0.15, 0.2) is 6.61 Å². The molecule has 160 valence electrons. The largest absolute Gasteiger partial charge is 0.496 e. The first kappa shape index (κ1) is 21.6. The lowest BCUT2D eigenvalue weighted by atomic mass is 10.0. The lowest BCUT2D eigenvalue weighted by Gasteiger charge is -2.35. The summed E-state index contributed by atoms with van der Waals surface area (Å²) in [5.41, 5.74) is 1.03. The Morgan fingerprint density at radius 3 is 2.50 bits per heavy atom. The van der Waals surface area contributed by atoms with Crippen molar-refractivity contribution in [3.05, 3.63) is 64.2 Å². The number of rotatable bonds is 9. The second kappa shape index (κ2) is 10.6. The first-order chi connectivity index (χ1) is 14.6. The van der Waals surface area contributed by atoms with Gasteiger partial charge >= 0.3 is 0 Å². The third kappa shape index (κ3) is 5.70. The molecule has 1 aliphatic heterocycles. The number of methoxy groups -OCH3 is 1. The van der Waals surface area contributed by atoms with E-state index in [2.05, 4.69) is 10.2 Å². The molecule has 0 aliphatic carbocycles. The highest BCUT2D eigenvalue weighted by Crippen LogP contribution is 2.30. The monoisotopic (exact) mass is 413 g/mol. The highest BCUT2D eigenvalue weighted by atomic mass is 16.6. The Labute approximate surface area is 175 Å². The maximum absolute atomic E-state index is 12.4. The molecule has 1 N–H and O–H groups in total. The van der Waals surface area contributed by atoms with Gasteiger partial charge < -0.3 is 14.8 Å². The summed E-state index contributed by atoms with van der Waals surface area (Å²) in [6.07, 6.45) is 3.51. The summed E-state index contributed by atoms with van der Waals surface area (Å²) in [4.78, 5) is 25.0. The van der Waals surface area contributed by atoms with Crippen molar-refractivity contribution in [2.45, 2.75) is 25.3 Å². The number of nitrogens with one attached hydrogen (secondary N) is 1. The molecule has 1 atom stereocenters. The van der Waals surface area contributed by atoms with Gasteiger partial charge in [0.2, 0.25) is 0 Å². The van der Waals surface area contributed by atoms with E-state index in [1.807, 2.05) is 24.3 Å². The van der Waals surface area contributed by atoms with Gasteiger partial charge in [0.1, 0.15) is 11.5 Å². The van der Waals surface area contributed by atoms with Gasteiger partial charge in [-0.1, -0.05) is 24.6 Å².